The average molecular weight is 288 g/mol. The van der Waals surface area contributed by atoms with Crippen LogP contribution in [0.25, 0.3) is 0 Å². The van der Waals surface area contributed by atoms with Gasteiger partial charge in [-0.2, -0.15) is 4.98 Å². The summed E-state index contributed by atoms with van der Waals surface area (Å²) in [5.41, 5.74) is 1.06. The van der Waals surface area contributed by atoms with Crippen molar-refractivity contribution in [2.24, 2.45) is 0 Å². The van der Waals surface area contributed by atoms with Crippen molar-refractivity contribution in [3.8, 4) is 5.75 Å². The van der Waals surface area contributed by atoms with Gasteiger partial charge in [-0.05, 0) is 31.0 Å². The zero-order chi connectivity index (χ0) is 14.8. The van der Waals surface area contributed by atoms with Crippen LogP contribution in [0.2, 0.25) is 0 Å². The standard InChI is InChI=1S/C14H16N4O3/c1-2-21-10-5-3-9(4-6-10)11-7-8-15-14-16-12(13(19)20)17-18(11)14/h3-6,11H,2,7-8H2,1H3,(H,19,20)(H,15,16,17). The van der Waals surface area contributed by atoms with E-state index in [1.807, 2.05) is 31.2 Å². The van der Waals surface area contributed by atoms with Gasteiger partial charge in [-0.1, -0.05) is 12.1 Å². The molecule has 2 N–H and O–H groups in total. The van der Waals surface area contributed by atoms with E-state index in [9.17, 15) is 4.79 Å². The molecule has 0 bridgehead atoms. The fourth-order valence-corrected chi connectivity index (χ4v) is 2.46. The monoisotopic (exact) mass is 288 g/mol. The highest BCUT2D eigenvalue weighted by atomic mass is 16.5. The first kappa shape index (κ1) is 13.4. The van der Waals surface area contributed by atoms with Crippen LogP contribution in [0.3, 0.4) is 0 Å². The summed E-state index contributed by atoms with van der Waals surface area (Å²) in [6, 6.07) is 7.77. The van der Waals surface area contributed by atoms with Gasteiger partial charge in [-0.3, -0.25) is 0 Å². The van der Waals surface area contributed by atoms with Crippen molar-refractivity contribution in [3.63, 3.8) is 0 Å². The van der Waals surface area contributed by atoms with Gasteiger partial charge in [0.15, 0.2) is 0 Å². The smallest absolute Gasteiger partial charge is 0.375 e. The lowest BCUT2D eigenvalue weighted by Crippen LogP contribution is -2.24. The van der Waals surface area contributed by atoms with E-state index >= 15 is 0 Å². The third kappa shape index (κ3) is 2.54. The first-order valence-electron chi connectivity index (χ1n) is 6.85. The molecular weight excluding hydrogens is 272 g/mol. The third-order valence-corrected chi connectivity index (χ3v) is 3.39. The fraction of sp³-hybridized carbons (Fsp3) is 0.357. The Hall–Kier alpha value is -2.57. The number of carbonyl (C=O) groups is 1. The molecule has 1 unspecified atom stereocenters. The van der Waals surface area contributed by atoms with Crippen molar-refractivity contribution in [2.75, 3.05) is 18.5 Å². The molecule has 2 aromatic rings. The predicted octanol–water partition coefficient (Wildman–Crippen LogP) is 1.78. The Bertz CT molecular complexity index is 651. The van der Waals surface area contributed by atoms with Gasteiger partial charge in [-0.15, -0.1) is 5.10 Å². The van der Waals surface area contributed by atoms with Crippen LogP contribution < -0.4 is 10.1 Å². The second-order valence-electron chi connectivity index (χ2n) is 4.74. The Labute approximate surface area is 121 Å². The van der Waals surface area contributed by atoms with Gasteiger partial charge in [0.2, 0.25) is 5.95 Å². The number of hydrogen-bond donors (Lipinski definition) is 2. The molecule has 3 rings (SSSR count). The van der Waals surface area contributed by atoms with Gasteiger partial charge in [-0.25, -0.2) is 9.48 Å². The van der Waals surface area contributed by atoms with Gasteiger partial charge in [0.1, 0.15) is 5.75 Å². The van der Waals surface area contributed by atoms with Crippen LogP contribution in [0.5, 0.6) is 5.75 Å². The number of rotatable bonds is 4. The van der Waals surface area contributed by atoms with E-state index in [1.54, 1.807) is 4.68 Å². The quantitative estimate of drug-likeness (QED) is 0.891. The van der Waals surface area contributed by atoms with Gasteiger partial charge in [0.25, 0.3) is 5.82 Å². The van der Waals surface area contributed by atoms with E-state index in [2.05, 4.69) is 15.4 Å². The Morgan fingerprint density at radius 3 is 2.90 bits per heavy atom. The SMILES string of the molecule is CCOc1ccc(C2CCNc3nc(C(=O)O)nn32)cc1. The number of carboxylic acid groups (broad SMARTS) is 1. The minimum Gasteiger partial charge on any atom is -0.494 e. The molecule has 7 heteroatoms. The van der Waals surface area contributed by atoms with Gasteiger partial charge in [0.05, 0.1) is 12.6 Å². The first-order valence-corrected chi connectivity index (χ1v) is 6.85. The molecule has 0 saturated carbocycles. The van der Waals surface area contributed by atoms with Crippen LogP contribution in [0.15, 0.2) is 24.3 Å². The summed E-state index contributed by atoms with van der Waals surface area (Å²) in [5, 5.41) is 16.2. The number of carboxylic acids is 1. The van der Waals surface area contributed by atoms with E-state index in [4.69, 9.17) is 9.84 Å². The molecule has 1 aromatic heterocycles. The largest absolute Gasteiger partial charge is 0.494 e. The molecule has 0 amide bonds. The van der Waals surface area contributed by atoms with Crippen molar-refractivity contribution in [1.29, 1.82) is 0 Å². The molecule has 1 aromatic carbocycles. The number of anilines is 1. The highest BCUT2D eigenvalue weighted by Gasteiger charge is 2.26. The molecule has 0 aliphatic carbocycles. The summed E-state index contributed by atoms with van der Waals surface area (Å²) in [5.74, 6) is 0.0113. The first-order chi connectivity index (χ1) is 10.2. The summed E-state index contributed by atoms with van der Waals surface area (Å²) in [6.07, 6.45) is 0.823. The van der Waals surface area contributed by atoms with Crippen molar-refractivity contribution in [3.05, 3.63) is 35.7 Å². The fourth-order valence-electron chi connectivity index (χ4n) is 2.46. The van der Waals surface area contributed by atoms with Crippen molar-refractivity contribution in [1.82, 2.24) is 14.8 Å². The Kier molecular flexibility index (Phi) is 3.47. The van der Waals surface area contributed by atoms with Crippen LogP contribution in [0.1, 0.15) is 35.6 Å². The number of aromatic carboxylic acids is 1. The van der Waals surface area contributed by atoms with E-state index in [1.165, 1.54) is 0 Å². The molecule has 0 fully saturated rings. The van der Waals surface area contributed by atoms with Crippen LogP contribution >= 0.6 is 0 Å². The lowest BCUT2D eigenvalue weighted by Gasteiger charge is -2.24. The van der Waals surface area contributed by atoms with Crippen LogP contribution in [0.4, 0.5) is 5.95 Å². The number of hydrogen-bond acceptors (Lipinski definition) is 5. The molecule has 0 spiro atoms. The molecule has 7 nitrogen and oxygen atoms in total. The summed E-state index contributed by atoms with van der Waals surface area (Å²) >= 11 is 0. The van der Waals surface area contributed by atoms with Gasteiger partial charge >= 0.3 is 5.97 Å². The van der Waals surface area contributed by atoms with Crippen LogP contribution in [-0.2, 0) is 0 Å². The third-order valence-electron chi connectivity index (χ3n) is 3.39. The molecule has 2 heterocycles. The molecule has 1 aliphatic heterocycles. The van der Waals surface area contributed by atoms with E-state index < -0.39 is 5.97 Å². The molecule has 21 heavy (non-hydrogen) atoms. The Morgan fingerprint density at radius 1 is 1.48 bits per heavy atom. The number of nitrogens with zero attached hydrogens (tertiary/aromatic N) is 3. The second kappa shape index (κ2) is 5.43. The molecule has 1 aliphatic rings. The lowest BCUT2D eigenvalue weighted by molar-refractivity contribution is 0.0683. The topological polar surface area (TPSA) is 89.3 Å². The van der Waals surface area contributed by atoms with E-state index in [0.29, 0.717) is 12.6 Å². The van der Waals surface area contributed by atoms with Crippen LogP contribution in [0, 0.1) is 0 Å². The Morgan fingerprint density at radius 2 is 2.24 bits per heavy atom. The number of ether oxygens (including phenoxy) is 1. The van der Waals surface area contributed by atoms with Crippen molar-refractivity contribution < 1.29 is 14.6 Å². The minimum atomic E-state index is -1.12. The molecule has 0 saturated heterocycles. The zero-order valence-electron chi connectivity index (χ0n) is 11.6. The van der Waals surface area contributed by atoms with Gasteiger partial charge in [0, 0.05) is 6.54 Å². The maximum Gasteiger partial charge on any atom is 0.375 e. The molecule has 1 atom stereocenters. The number of aromatic nitrogens is 3. The number of nitrogens with one attached hydrogen (secondary N) is 1. The zero-order valence-corrected chi connectivity index (χ0v) is 11.6. The predicted molar refractivity (Wildman–Crippen MR) is 75.8 cm³/mol. The minimum absolute atomic E-state index is 0.0162. The number of benzene rings is 1. The van der Waals surface area contributed by atoms with E-state index in [0.717, 1.165) is 24.3 Å². The van der Waals surface area contributed by atoms with E-state index in [-0.39, 0.29) is 11.9 Å². The summed E-state index contributed by atoms with van der Waals surface area (Å²) in [7, 11) is 0. The molecule has 0 radical (unpaired) electrons. The molecular formula is C14H16N4O3. The summed E-state index contributed by atoms with van der Waals surface area (Å²) in [4.78, 5) is 15.0. The number of fused-ring (bicyclic) bond motifs is 1. The lowest BCUT2D eigenvalue weighted by atomic mass is 10.0. The van der Waals surface area contributed by atoms with Crippen LogP contribution in [-0.4, -0.2) is 39.0 Å². The maximum absolute atomic E-state index is 11.0. The Balaban J connectivity index is 1.92. The van der Waals surface area contributed by atoms with Crippen molar-refractivity contribution in [2.45, 2.75) is 19.4 Å². The second-order valence-corrected chi connectivity index (χ2v) is 4.74. The molecule has 110 valence electrons. The maximum atomic E-state index is 11.0. The van der Waals surface area contributed by atoms with Gasteiger partial charge < -0.3 is 15.2 Å². The average Bonchev–Trinajstić information content (AvgIpc) is 2.93. The summed E-state index contributed by atoms with van der Waals surface area (Å²) < 4.78 is 7.07. The highest BCUT2D eigenvalue weighted by molar-refractivity contribution is 5.83. The highest BCUT2D eigenvalue weighted by Crippen LogP contribution is 2.29. The summed E-state index contributed by atoms with van der Waals surface area (Å²) in [6.45, 7) is 3.30. The van der Waals surface area contributed by atoms with Crippen molar-refractivity contribution >= 4 is 11.9 Å². The normalized spacial score (nSPS) is 16.9.